The third kappa shape index (κ3) is 3.86. The van der Waals surface area contributed by atoms with Crippen molar-refractivity contribution in [2.45, 2.75) is 18.9 Å². The molecule has 4 aromatic rings. The largest absolute Gasteiger partial charge is 0.321 e. The van der Waals surface area contributed by atoms with Gasteiger partial charge >= 0.3 is 0 Å². The molecule has 1 N–H and O–H groups in total. The molecule has 0 aliphatic heterocycles. The summed E-state index contributed by atoms with van der Waals surface area (Å²) in [6.45, 7) is 3.97. The summed E-state index contributed by atoms with van der Waals surface area (Å²) >= 11 is 1.66. The minimum absolute atomic E-state index is 0.205. The van der Waals surface area contributed by atoms with Crippen LogP contribution in [0.1, 0.15) is 23.0 Å². The maximum atomic E-state index is 13.2. The van der Waals surface area contributed by atoms with Crippen LogP contribution < -0.4 is 5.32 Å². The number of hydrogen-bond donors (Lipinski definition) is 1. The molecule has 3 heterocycles. The highest BCUT2D eigenvalue weighted by Crippen LogP contribution is 2.27. The van der Waals surface area contributed by atoms with Crippen LogP contribution in [-0.2, 0) is 7.05 Å². The number of pyridine rings is 2. The normalized spacial score (nSPS) is 11.0. The third-order valence-electron chi connectivity index (χ3n) is 4.57. The van der Waals surface area contributed by atoms with Gasteiger partial charge in [0.2, 0.25) is 0 Å². The molecule has 0 unspecified atom stereocenters. The Labute approximate surface area is 173 Å². The monoisotopic (exact) mass is 403 g/mol. The maximum Gasteiger partial charge on any atom is 0.256 e. The van der Waals surface area contributed by atoms with Crippen molar-refractivity contribution < 1.29 is 4.79 Å². The summed E-state index contributed by atoms with van der Waals surface area (Å²) in [5.41, 5.74) is 4.34. The summed E-state index contributed by atoms with van der Waals surface area (Å²) in [6, 6.07) is 15.4. The van der Waals surface area contributed by atoms with Crippen LogP contribution in [0.15, 0.2) is 59.8 Å². The van der Waals surface area contributed by atoms with Gasteiger partial charge in [-0.3, -0.25) is 9.48 Å². The van der Waals surface area contributed by atoms with Crippen molar-refractivity contribution in [3.8, 4) is 11.3 Å². The van der Waals surface area contributed by atoms with Crippen LogP contribution >= 0.6 is 11.8 Å². The van der Waals surface area contributed by atoms with Gasteiger partial charge in [0.25, 0.3) is 5.91 Å². The number of aromatic nitrogens is 4. The van der Waals surface area contributed by atoms with Gasteiger partial charge in [-0.15, -0.1) is 11.8 Å². The van der Waals surface area contributed by atoms with E-state index < -0.39 is 0 Å². The van der Waals surface area contributed by atoms with Crippen LogP contribution in [0, 0.1) is 6.92 Å². The van der Waals surface area contributed by atoms with Gasteiger partial charge in [0.1, 0.15) is 0 Å². The first kappa shape index (κ1) is 19.1. The molecule has 1 aromatic carbocycles. The van der Waals surface area contributed by atoms with Crippen molar-refractivity contribution in [2.24, 2.45) is 7.05 Å². The molecule has 6 nitrogen and oxygen atoms in total. The SMILES string of the molecule is CCSc1ccc(NC(=O)c2cc(-c3ccccc3)nc3c2c(C)nn3C)cn1. The zero-order valence-electron chi connectivity index (χ0n) is 16.5. The predicted molar refractivity (Wildman–Crippen MR) is 117 cm³/mol. The van der Waals surface area contributed by atoms with Crippen molar-refractivity contribution in [2.75, 3.05) is 11.1 Å². The highest BCUT2D eigenvalue weighted by Gasteiger charge is 2.19. The molecule has 0 radical (unpaired) electrons. The topological polar surface area (TPSA) is 72.7 Å². The van der Waals surface area contributed by atoms with Crippen LogP contribution in [0.4, 0.5) is 5.69 Å². The Hall–Kier alpha value is -3.19. The number of hydrogen-bond acceptors (Lipinski definition) is 5. The lowest BCUT2D eigenvalue weighted by atomic mass is 10.0. The first-order valence-electron chi connectivity index (χ1n) is 9.36. The Balaban J connectivity index is 1.76. The van der Waals surface area contributed by atoms with Gasteiger partial charge in [-0.2, -0.15) is 5.10 Å². The van der Waals surface area contributed by atoms with Crippen LogP contribution in [0.2, 0.25) is 0 Å². The Bertz CT molecular complexity index is 1170. The van der Waals surface area contributed by atoms with E-state index in [1.54, 1.807) is 22.6 Å². The quantitative estimate of drug-likeness (QED) is 0.489. The van der Waals surface area contributed by atoms with Crippen molar-refractivity contribution in [1.82, 2.24) is 19.7 Å². The van der Waals surface area contributed by atoms with Crippen molar-refractivity contribution in [3.63, 3.8) is 0 Å². The first-order chi connectivity index (χ1) is 14.1. The second-order valence-corrected chi connectivity index (χ2v) is 7.89. The summed E-state index contributed by atoms with van der Waals surface area (Å²) in [5, 5.41) is 9.12. The predicted octanol–water partition coefficient (Wildman–Crippen LogP) is 4.70. The number of thioether (sulfide) groups is 1. The fourth-order valence-corrected chi connectivity index (χ4v) is 3.85. The van der Waals surface area contributed by atoms with E-state index in [1.807, 2.05) is 62.5 Å². The van der Waals surface area contributed by atoms with Crippen LogP contribution in [0.3, 0.4) is 0 Å². The summed E-state index contributed by atoms with van der Waals surface area (Å²) in [7, 11) is 1.84. The molecule has 3 aromatic heterocycles. The molecule has 0 fully saturated rings. The fraction of sp³-hybridized carbons (Fsp3) is 0.182. The number of nitrogens with zero attached hydrogens (tertiary/aromatic N) is 4. The minimum Gasteiger partial charge on any atom is -0.321 e. The van der Waals surface area contributed by atoms with E-state index in [0.717, 1.165) is 33.1 Å². The number of nitrogens with one attached hydrogen (secondary N) is 1. The van der Waals surface area contributed by atoms with E-state index in [1.165, 1.54) is 0 Å². The Kier molecular flexibility index (Phi) is 5.31. The van der Waals surface area contributed by atoms with Gasteiger partial charge in [0, 0.05) is 12.6 Å². The maximum absolute atomic E-state index is 13.2. The van der Waals surface area contributed by atoms with Gasteiger partial charge in [0.05, 0.1) is 39.2 Å². The van der Waals surface area contributed by atoms with Gasteiger partial charge in [0.15, 0.2) is 5.65 Å². The highest BCUT2D eigenvalue weighted by atomic mass is 32.2. The minimum atomic E-state index is -0.205. The van der Waals surface area contributed by atoms with Gasteiger partial charge < -0.3 is 5.32 Å². The number of amides is 1. The lowest BCUT2D eigenvalue weighted by Crippen LogP contribution is -2.13. The van der Waals surface area contributed by atoms with E-state index in [2.05, 4.69) is 22.3 Å². The van der Waals surface area contributed by atoms with E-state index in [0.29, 0.717) is 16.9 Å². The highest BCUT2D eigenvalue weighted by molar-refractivity contribution is 7.99. The molecule has 0 bridgehead atoms. The summed E-state index contributed by atoms with van der Waals surface area (Å²) in [5.74, 6) is 0.749. The summed E-state index contributed by atoms with van der Waals surface area (Å²) < 4.78 is 1.71. The van der Waals surface area contributed by atoms with Crippen molar-refractivity contribution in [3.05, 3.63) is 66.0 Å². The van der Waals surface area contributed by atoms with E-state index in [-0.39, 0.29) is 5.91 Å². The van der Waals surface area contributed by atoms with Crippen molar-refractivity contribution >= 4 is 34.4 Å². The molecular formula is C22H21N5OS. The molecule has 0 aliphatic rings. The summed E-state index contributed by atoms with van der Waals surface area (Å²) in [4.78, 5) is 22.3. The first-order valence-corrected chi connectivity index (χ1v) is 10.4. The summed E-state index contributed by atoms with van der Waals surface area (Å²) in [6.07, 6.45) is 1.68. The van der Waals surface area contributed by atoms with E-state index in [9.17, 15) is 4.79 Å². The molecule has 0 atom stereocenters. The Morgan fingerprint density at radius 3 is 2.66 bits per heavy atom. The van der Waals surface area contributed by atoms with Gasteiger partial charge in [-0.25, -0.2) is 9.97 Å². The molecule has 1 amide bonds. The number of aryl methyl sites for hydroxylation is 2. The third-order valence-corrected chi connectivity index (χ3v) is 5.40. The molecule has 0 saturated carbocycles. The lowest BCUT2D eigenvalue weighted by Gasteiger charge is -2.10. The lowest BCUT2D eigenvalue weighted by molar-refractivity contribution is 0.102. The number of fused-ring (bicyclic) bond motifs is 1. The molecular weight excluding hydrogens is 382 g/mol. The number of rotatable bonds is 5. The van der Waals surface area contributed by atoms with Crippen LogP contribution in [0.5, 0.6) is 0 Å². The zero-order valence-corrected chi connectivity index (χ0v) is 17.3. The Morgan fingerprint density at radius 2 is 1.97 bits per heavy atom. The molecule has 4 rings (SSSR count). The molecule has 0 saturated heterocycles. The average Bonchev–Trinajstić information content (AvgIpc) is 3.03. The van der Waals surface area contributed by atoms with Crippen LogP contribution in [-0.4, -0.2) is 31.4 Å². The molecule has 0 spiro atoms. The molecule has 29 heavy (non-hydrogen) atoms. The number of carbonyl (C=O) groups is 1. The smallest absolute Gasteiger partial charge is 0.256 e. The van der Waals surface area contributed by atoms with Crippen LogP contribution in [0.25, 0.3) is 22.3 Å². The van der Waals surface area contributed by atoms with E-state index in [4.69, 9.17) is 4.98 Å². The fourth-order valence-electron chi connectivity index (χ4n) is 3.27. The standard InChI is InChI=1S/C22H21N5OS/c1-4-29-19-11-10-16(13-23-19)24-22(28)17-12-18(15-8-6-5-7-9-15)25-21-20(17)14(2)26-27(21)3/h5-13H,4H2,1-3H3,(H,24,28). The molecule has 0 aliphatic carbocycles. The second-order valence-electron chi connectivity index (χ2n) is 6.60. The van der Waals surface area contributed by atoms with Gasteiger partial charge in [-0.05, 0) is 30.9 Å². The van der Waals surface area contributed by atoms with Crippen molar-refractivity contribution in [1.29, 1.82) is 0 Å². The number of benzene rings is 1. The number of anilines is 1. The average molecular weight is 404 g/mol. The van der Waals surface area contributed by atoms with E-state index >= 15 is 0 Å². The molecule has 146 valence electrons. The van der Waals surface area contributed by atoms with Gasteiger partial charge in [-0.1, -0.05) is 37.3 Å². The molecule has 7 heteroatoms. The Morgan fingerprint density at radius 1 is 1.17 bits per heavy atom. The number of carbonyl (C=O) groups excluding carboxylic acids is 1. The zero-order chi connectivity index (χ0) is 20.4. The second kappa shape index (κ2) is 8.05.